The summed E-state index contributed by atoms with van der Waals surface area (Å²) in [4.78, 5) is 47.6. The number of ether oxygens (including phenoxy) is 6. The van der Waals surface area contributed by atoms with Crippen molar-refractivity contribution in [1.82, 2.24) is 0 Å². The summed E-state index contributed by atoms with van der Waals surface area (Å²) >= 11 is 0. The summed E-state index contributed by atoms with van der Waals surface area (Å²) in [6.45, 7) is 1.90. The molecule has 3 unspecified atom stereocenters. The fourth-order valence-electron chi connectivity index (χ4n) is 5.10. The molecule has 0 radical (unpaired) electrons. The van der Waals surface area contributed by atoms with Crippen molar-refractivity contribution >= 4 is 45.9 Å². The van der Waals surface area contributed by atoms with Crippen molar-refractivity contribution in [2.24, 2.45) is 0 Å². The Kier molecular flexibility index (Phi) is 7.08. The molecule has 0 bridgehead atoms. The first kappa shape index (κ1) is 26.4. The van der Waals surface area contributed by atoms with Gasteiger partial charge in [0.1, 0.15) is 23.7 Å². The van der Waals surface area contributed by atoms with Crippen LogP contribution in [-0.4, -0.2) is 62.0 Å². The van der Waals surface area contributed by atoms with Gasteiger partial charge in [-0.05, 0) is 70.1 Å². The van der Waals surface area contributed by atoms with Crippen LogP contribution >= 0.6 is 0 Å². The Morgan fingerprint density at radius 2 is 1.15 bits per heavy atom. The lowest BCUT2D eigenvalue weighted by Gasteiger charge is -2.17. The molecule has 0 aromatic heterocycles. The van der Waals surface area contributed by atoms with Crippen LogP contribution in [0.2, 0.25) is 0 Å². The van der Waals surface area contributed by atoms with Crippen molar-refractivity contribution < 1.29 is 47.6 Å². The second-order valence-corrected chi connectivity index (χ2v) is 9.74. The van der Waals surface area contributed by atoms with Crippen LogP contribution < -0.4 is 9.47 Å². The van der Waals surface area contributed by atoms with Gasteiger partial charge in [0.2, 0.25) is 0 Å². The molecule has 0 saturated carbocycles. The second kappa shape index (κ2) is 11.0. The number of carbonyl (C=O) groups excluding carboxylic acids is 4. The number of fused-ring (bicyclic) bond motifs is 3. The Morgan fingerprint density at radius 1 is 0.683 bits per heavy atom. The lowest BCUT2D eigenvalue weighted by Crippen LogP contribution is -2.36. The lowest BCUT2D eigenvalue weighted by molar-refractivity contribution is -0.131. The molecule has 0 N–H and O–H groups in total. The highest BCUT2D eigenvalue weighted by Gasteiger charge is 2.51. The highest BCUT2D eigenvalue weighted by Crippen LogP contribution is 2.32. The molecular weight excluding hydrogens is 532 g/mol. The number of esters is 3. The maximum absolute atomic E-state index is 12.9. The topological polar surface area (TPSA) is 124 Å². The molecule has 4 aromatic rings. The lowest BCUT2D eigenvalue weighted by atomic mass is 10.1. The van der Waals surface area contributed by atoms with E-state index in [0.717, 1.165) is 21.5 Å². The maximum Gasteiger partial charge on any atom is 0.338 e. The normalized spacial score (nSPS) is 21.3. The van der Waals surface area contributed by atoms with Crippen LogP contribution in [0.3, 0.4) is 0 Å². The highest BCUT2D eigenvalue weighted by molar-refractivity contribution is 5.97. The molecule has 0 aliphatic carbocycles. The third-order valence-electron chi connectivity index (χ3n) is 7.02. The molecule has 0 spiro atoms. The molecule has 2 fully saturated rings. The van der Waals surface area contributed by atoms with Gasteiger partial charge in [0, 0.05) is 6.92 Å². The van der Waals surface area contributed by atoms with E-state index in [9.17, 15) is 19.2 Å². The van der Waals surface area contributed by atoms with Crippen molar-refractivity contribution in [1.29, 1.82) is 0 Å². The molecule has 2 aliphatic heterocycles. The van der Waals surface area contributed by atoms with Gasteiger partial charge in [0.05, 0.1) is 24.3 Å². The van der Waals surface area contributed by atoms with E-state index in [1.54, 1.807) is 72.8 Å². The third kappa shape index (κ3) is 5.47. The average molecular weight is 557 g/mol. The van der Waals surface area contributed by atoms with Crippen LogP contribution in [0.15, 0.2) is 72.8 Å². The Balaban J connectivity index is 1.08. The van der Waals surface area contributed by atoms with E-state index in [1.807, 2.05) is 0 Å². The van der Waals surface area contributed by atoms with Gasteiger partial charge in [-0.3, -0.25) is 9.59 Å². The second-order valence-electron chi connectivity index (χ2n) is 9.74. The summed E-state index contributed by atoms with van der Waals surface area (Å²) in [5, 5.41) is 3.16. The van der Waals surface area contributed by atoms with Crippen LogP contribution in [0.4, 0.5) is 0 Å². The number of benzene rings is 4. The molecule has 41 heavy (non-hydrogen) atoms. The monoisotopic (exact) mass is 556 g/mol. The Labute approximate surface area is 233 Å². The van der Waals surface area contributed by atoms with Crippen LogP contribution in [0.5, 0.6) is 11.5 Å². The number of carbonyl (C=O) groups is 4. The first-order valence-corrected chi connectivity index (χ1v) is 12.9. The first-order valence-electron chi connectivity index (χ1n) is 12.9. The van der Waals surface area contributed by atoms with Gasteiger partial charge in [-0.15, -0.1) is 0 Å². The molecule has 10 heteroatoms. The van der Waals surface area contributed by atoms with Gasteiger partial charge in [0.15, 0.2) is 12.2 Å². The first-order chi connectivity index (χ1) is 19.9. The van der Waals surface area contributed by atoms with E-state index in [-0.39, 0.29) is 13.2 Å². The van der Waals surface area contributed by atoms with E-state index < -0.39 is 42.3 Å². The molecule has 0 amide bonds. The van der Waals surface area contributed by atoms with E-state index >= 15 is 0 Å². The standard InChI is InChI=1S/C31H24O10/c1-17(33)39-25-9-7-19-11-23(5-3-21(19)13-25)31(35)41-27-15-37-28-26(14-36-29(27)28)40-30(34)22-4-2-20-12-24(38-16-32)8-6-18(20)10-22/h2-13,16,26-29H,14-15H2,1H3/t26?,27-,28?,29?/m1/s1. The molecule has 10 nitrogen and oxygen atoms in total. The van der Waals surface area contributed by atoms with Crippen LogP contribution in [0.1, 0.15) is 27.6 Å². The minimum Gasteiger partial charge on any atom is -0.453 e. The van der Waals surface area contributed by atoms with Gasteiger partial charge in [-0.25, -0.2) is 9.59 Å². The fraction of sp³-hybridized carbons (Fsp3) is 0.226. The molecule has 208 valence electrons. The summed E-state index contributed by atoms with van der Waals surface area (Å²) in [6, 6.07) is 20.3. The van der Waals surface area contributed by atoms with Crippen molar-refractivity contribution in [2.75, 3.05) is 13.2 Å². The van der Waals surface area contributed by atoms with Gasteiger partial charge in [0.25, 0.3) is 6.47 Å². The summed E-state index contributed by atoms with van der Waals surface area (Å²) in [5.74, 6) is -0.660. The van der Waals surface area contributed by atoms with E-state index in [2.05, 4.69) is 0 Å². The molecule has 6 rings (SSSR count). The number of hydrogen-bond donors (Lipinski definition) is 0. The van der Waals surface area contributed by atoms with E-state index in [0.29, 0.717) is 29.1 Å². The van der Waals surface area contributed by atoms with Crippen LogP contribution in [0, 0.1) is 0 Å². The Bertz CT molecular complexity index is 1680. The zero-order valence-electron chi connectivity index (χ0n) is 21.8. The fourth-order valence-corrected chi connectivity index (χ4v) is 5.10. The third-order valence-corrected chi connectivity index (χ3v) is 7.02. The molecule has 2 saturated heterocycles. The molecule has 4 aromatic carbocycles. The maximum atomic E-state index is 12.9. The SMILES string of the molecule is CC(=O)Oc1ccc2cc(C(=O)O[C@@H]3COC4C(OC(=O)c5ccc6cc(OC=O)ccc6c5)COC43)ccc2c1. The van der Waals surface area contributed by atoms with Gasteiger partial charge >= 0.3 is 17.9 Å². The molecule has 2 aliphatic rings. The molecular formula is C31H24O10. The highest BCUT2D eigenvalue weighted by atomic mass is 16.7. The number of hydrogen-bond acceptors (Lipinski definition) is 10. The van der Waals surface area contributed by atoms with E-state index in [4.69, 9.17) is 28.4 Å². The predicted molar refractivity (Wildman–Crippen MR) is 144 cm³/mol. The zero-order chi connectivity index (χ0) is 28.5. The Hall–Kier alpha value is -4.80. The summed E-state index contributed by atoms with van der Waals surface area (Å²) in [6.07, 6.45) is -2.48. The van der Waals surface area contributed by atoms with E-state index in [1.165, 1.54) is 6.92 Å². The predicted octanol–water partition coefficient (Wildman–Crippen LogP) is 4.00. The minimum absolute atomic E-state index is 0.107. The van der Waals surface area contributed by atoms with Crippen LogP contribution in [0.25, 0.3) is 21.5 Å². The zero-order valence-corrected chi connectivity index (χ0v) is 21.8. The largest absolute Gasteiger partial charge is 0.453 e. The quantitative estimate of drug-likeness (QED) is 0.187. The smallest absolute Gasteiger partial charge is 0.338 e. The Morgan fingerprint density at radius 3 is 1.66 bits per heavy atom. The summed E-state index contributed by atoms with van der Waals surface area (Å²) in [7, 11) is 0. The van der Waals surface area contributed by atoms with Gasteiger partial charge < -0.3 is 28.4 Å². The van der Waals surface area contributed by atoms with Crippen molar-refractivity contribution in [3.8, 4) is 11.5 Å². The van der Waals surface area contributed by atoms with Gasteiger partial charge in [-0.1, -0.05) is 24.3 Å². The van der Waals surface area contributed by atoms with Crippen LogP contribution in [-0.2, 0) is 28.5 Å². The van der Waals surface area contributed by atoms with Crippen molar-refractivity contribution in [3.63, 3.8) is 0 Å². The number of rotatable bonds is 7. The van der Waals surface area contributed by atoms with Crippen molar-refractivity contribution in [2.45, 2.75) is 31.3 Å². The molecule has 4 atom stereocenters. The summed E-state index contributed by atoms with van der Waals surface area (Å²) < 4.78 is 33.1. The van der Waals surface area contributed by atoms with Crippen molar-refractivity contribution in [3.05, 3.63) is 83.9 Å². The summed E-state index contributed by atoms with van der Waals surface area (Å²) in [5.41, 5.74) is 0.700. The minimum atomic E-state index is -0.665. The van der Waals surface area contributed by atoms with Gasteiger partial charge in [-0.2, -0.15) is 0 Å². The molecule has 2 heterocycles. The average Bonchev–Trinajstić information content (AvgIpc) is 3.55.